The van der Waals surface area contributed by atoms with Gasteiger partial charge in [0.2, 0.25) is 0 Å². The molecule has 1 saturated heterocycles. The molecular weight excluding hydrogens is 216 g/mol. The molecule has 0 unspecified atom stereocenters. The minimum atomic E-state index is 1.00. The van der Waals surface area contributed by atoms with Crippen molar-refractivity contribution in [2.24, 2.45) is 0 Å². The van der Waals surface area contributed by atoms with Crippen LogP contribution in [0.25, 0.3) is 0 Å². The van der Waals surface area contributed by atoms with Gasteiger partial charge in [0.25, 0.3) is 0 Å². The maximum atomic E-state index is 4.94. The molecule has 2 heteroatoms. The molecule has 0 spiro atoms. The van der Waals surface area contributed by atoms with Crippen LogP contribution in [0.5, 0.6) is 0 Å². The number of allylic oxidation sites excluding steroid dienone is 1. The van der Waals surface area contributed by atoms with Crippen molar-refractivity contribution in [3.8, 4) is 0 Å². The van der Waals surface area contributed by atoms with Crippen molar-refractivity contribution in [3.05, 3.63) is 11.1 Å². The molecule has 12 heavy (non-hydrogen) atoms. The van der Waals surface area contributed by atoms with E-state index < -0.39 is 0 Å². The zero-order chi connectivity index (χ0) is 9.07. The predicted molar refractivity (Wildman–Crippen MR) is 57.6 cm³/mol. The second kappa shape index (κ2) is 11.2. The monoisotopic (exact) mass is 234 g/mol. The van der Waals surface area contributed by atoms with Crippen molar-refractivity contribution in [1.82, 2.24) is 0 Å². The maximum absolute atomic E-state index is 4.94. The van der Waals surface area contributed by atoms with E-state index in [4.69, 9.17) is 4.74 Å². The Bertz CT molecular complexity index is 90.4. The van der Waals surface area contributed by atoms with Crippen LogP contribution in [0.1, 0.15) is 39.0 Å². The Balaban J connectivity index is 0.000000211. The largest absolute Gasteiger partial charge is 0.381 e. The van der Waals surface area contributed by atoms with Crippen LogP contribution in [-0.2, 0) is 4.74 Å². The quantitative estimate of drug-likeness (QED) is 0.674. The summed E-state index contributed by atoms with van der Waals surface area (Å²) in [7, 11) is 0. The first kappa shape index (κ1) is 12.2. The van der Waals surface area contributed by atoms with Crippen LogP contribution in [0.3, 0.4) is 0 Å². The van der Waals surface area contributed by atoms with Crippen LogP contribution in [0.2, 0.25) is 0 Å². The lowest BCUT2D eigenvalue weighted by molar-refractivity contribution is 0.198. The van der Waals surface area contributed by atoms with E-state index in [0.717, 1.165) is 13.2 Å². The zero-order valence-electron chi connectivity index (χ0n) is 7.89. The Morgan fingerprint density at radius 2 is 2.00 bits per heavy atom. The molecule has 1 heterocycles. The molecule has 1 aliphatic heterocycles. The first-order chi connectivity index (χ1) is 5.91. The van der Waals surface area contributed by atoms with Gasteiger partial charge in [0.05, 0.1) is 0 Å². The third-order valence-electron chi connectivity index (χ3n) is 1.64. The van der Waals surface area contributed by atoms with E-state index in [-0.39, 0.29) is 0 Å². The number of rotatable bonds is 3. The van der Waals surface area contributed by atoms with Crippen molar-refractivity contribution < 1.29 is 4.74 Å². The van der Waals surface area contributed by atoms with Crippen LogP contribution >= 0.6 is 15.9 Å². The SMILES string of the molecule is C1CCOC1.CCCCC=CBr. The maximum Gasteiger partial charge on any atom is 0.0466 e. The summed E-state index contributed by atoms with van der Waals surface area (Å²) < 4.78 is 4.94. The lowest BCUT2D eigenvalue weighted by Crippen LogP contribution is -1.74. The molecule has 0 bridgehead atoms. The van der Waals surface area contributed by atoms with E-state index in [1.54, 1.807) is 0 Å². The van der Waals surface area contributed by atoms with Gasteiger partial charge in [-0.05, 0) is 24.2 Å². The summed E-state index contributed by atoms with van der Waals surface area (Å²) >= 11 is 3.20. The molecule has 1 aliphatic rings. The standard InChI is InChI=1S/C6H11Br.C4H8O/c1-2-3-4-5-6-7;1-2-4-5-3-1/h5-6H,2-4H2,1H3;1-4H2. The van der Waals surface area contributed by atoms with Crippen LogP contribution < -0.4 is 0 Å². The van der Waals surface area contributed by atoms with Gasteiger partial charge >= 0.3 is 0 Å². The second-order valence-electron chi connectivity index (χ2n) is 2.82. The van der Waals surface area contributed by atoms with Gasteiger partial charge < -0.3 is 4.74 Å². The summed E-state index contributed by atoms with van der Waals surface area (Å²) in [4.78, 5) is 1.92. The number of ether oxygens (including phenoxy) is 1. The molecule has 72 valence electrons. The van der Waals surface area contributed by atoms with E-state index in [1.807, 2.05) is 4.99 Å². The Morgan fingerprint density at radius 1 is 1.33 bits per heavy atom. The second-order valence-corrected chi connectivity index (χ2v) is 3.35. The van der Waals surface area contributed by atoms with E-state index >= 15 is 0 Å². The summed E-state index contributed by atoms with van der Waals surface area (Å²) in [6.07, 6.45) is 8.49. The van der Waals surface area contributed by atoms with E-state index in [2.05, 4.69) is 28.9 Å². The molecular formula is C10H19BrO. The van der Waals surface area contributed by atoms with Gasteiger partial charge in [-0.15, -0.1) is 0 Å². The highest BCUT2D eigenvalue weighted by molar-refractivity contribution is 9.11. The molecule has 0 aliphatic carbocycles. The molecule has 0 atom stereocenters. The van der Waals surface area contributed by atoms with Crippen molar-refractivity contribution in [1.29, 1.82) is 0 Å². The summed E-state index contributed by atoms with van der Waals surface area (Å²) in [5.74, 6) is 0. The number of unbranched alkanes of at least 4 members (excludes halogenated alkanes) is 2. The average molecular weight is 235 g/mol. The highest BCUT2D eigenvalue weighted by Gasteiger charge is 1.94. The molecule has 0 saturated carbocycles. The molecule has 1 nitrogen and oxygen atoms in total. The molecule has 0 radical (unpaired) electrons. The van der Waals surface area contributed by atoms with Crippen molar-refractivity contribution in [2.75, 3.05) is 13.2 Å². The lowest BCUT2D eigenvalue weighted by atomic mass is 10.3. The minimum Gasteiger partial charge on any atom is -0.381 e. The Morgan fingerprint density at radius 3 is 2.33 bits per heavy atom. The molecule has 0 aromatic rings. The molecule has 0 amide bonds. The van der Waals surface area contributed by atoms with Gasteiger partial charge in [0, 0.05) is 13.2 Å². The van der Waals surface area contributed by atoms with Crippen molar-refractivity contribution >= 4 is 15.9 Å². The Kier molecular flexibility index (Phi) is 11.3. The highest BCUT2D eigenvalue weighted by atomic mass is 79.9. The Hall–Kier alpha value is 0.180. The van der Waals surface area contributed by atoms with E-state index in [1.165, 1.54) is 32.1 Å². The summed E-state index contributed by atoms with van der Waals surface area (Å²) in [5, 5.41) is 0. The fourth-order valence-corrected chi connectivity index (χ4v) is 1.16. The smallest absolute Gasteiger partial charge is 0.0466 e. The molecule has 0 aromatic heterocycles. The van der Waals surface area contributed by atoms with Gasteiger partial charge in [0.1, 0.15) is 0 Å². The highest BCUT2D eigenvalue weighted by Crippen LogP contribution is 1.98. The van der Waals surface area contributed by atoms with Gasteiger partial charge in [-0.25, -0.2) is 0 Å². The van der Waals surface area contributed by atoms with Crippen molar-refractivity contribution in [2.45, 2.75) is 39.0 Å². The fraction of sp³-hybridized carbons (Fsp3) is 0.800. The normalized spacial score (nSPS) is 16.2. The van der Waals surface area contributed by atoms with Crippen molar-refractivity contribution in [3.63, 3.8) is 0 Å². The van der Waals surface area contributed by atoms with Crippen LogP contribution in [-0.4, -0.2) is 13.2 Å². The summed E-state index contributed by atoms with van der Waals surface area (Å²) in [6.45, 7) is 4.20. The number of hydrogen-bond acceptors (Lipinski definition) is 1. The van der Waals surface area contributed by atoms with Gasteiger partial charge in [0.15, 0.2) is 0 Å². The molecule has 1 fully saturated rings. The lowest BCUT2D eigenvalue weighted by Gasteiger charge is -1.83. The zero-order valence-corrected chi connectivity index (χ0v) is 9.48. The minimum absolute atomic E-state index is 1.00. The summed E-state index contributed by atoms with van der Waals surface area (Å²) in [5.41, 5.74) is 0. The van der Waals surface area contributed by atoms with E-state index in [0.29, 0.717) is 0 Å². The first-order valence-corrected chi connectivity index (χ1v) is 5.66. The van der Waals surface area contributed by atoms with Crippen LogP contribution in [0.15, 0.2) is 11.1 Å². The number of halogens is 1. The number of hydrogen-bond donors (Lipinski definition) is 0. The third-order valence-corrected chi connectivity index (χ3v) is 2.01. The van der Waals surface area contributed by atoms with Crippen LogP contribution in [0.4, 0.5) is 0 Å². The predicted octanol–water partition coefficient (Wildman–Crippen LogP) is 3.88. The van der Waals surface area contributed by atoms with Gasteiger partial charge in [-0.3, -0.25) is 0 Å². The Labute approximate surface area is 84.3 Å². The van der Waals surface area contributed by atoms with Crippen LogP contribution in [0, 0.1) is 0 Å². The first-order valence-electron chi connectivity index (χ1n) is 4.74. The molecule has 0 N–H and O–H groups in total. The topological polar surface area (TPSA) is 9.23 Å². The average Bonchev–Trinajstić information content (AvgIpc) is 2.62. The third kappa shape index (κ3) is 10.2. The van der Waals surface area contributed by atoms with Gasteiger partial charge in [-0.2, -0.15) is 0 Å². The molecule has 1 rings (SSSR count). The fourth-order valence-electron chi connectivity index (χ4n) is 0.895. The van der Waals surface area contributed by atoms with E-state index in [9.17, 15) is 0 Å². The van der Waals surface area contributed by atoms with Gasteiger partial charge in [-0.1, -0.05) is 41.8 Å². The summed E-state index contributed by atoms with van der Waals surface area (Å²) in [6, 6.07) is 0. The molecule has 0 aromatic carbocycles.